The highest BCUT2D eigenvalue weighted by Gasteiger charge is 2.41. The summed E-state index contributed by atoms with van der Waals surface area (Å²) in [5, 5.41) is 9.52. The number of hydrogen-bond donors (Lipinski definition) is 3. The van der Waals surface area contributed by atoms with Gasteiger partial charge in [0.25, 0.3) is 0 Å². The summed E-state index contributed by atoms with van der Waals surface area (Å²) in [5.74, 6) is 0.782. The van der Waals surface area contributed by atoms with Crippen molar-refractivity contribution in [1.82, 2.24) is 20.9 Å². The maximum Gasteiger partial charge on any atom is 0.243 e. The monoisotopic (exact) mass is 602 g/mol. The molecule has 44 heavy (non-hydrogen) atoms. The molecule has 2 aromatic carbocycles. The number of fused-ring (bicyclic) bond motifs is 1. The fraction of sp³-hybridized carbons (Fsp3) is 0.514. The number of likely N-dealkylation sites (tertiary alicyclic amines) is 1. The molecule has 9 heteroatoms. The zero-order chi connectivity index (χ0) is 30.8. The van der Waals surface area contributed by atoms with Crippen LogP contribution >= 0.6 is 0 Å². The Morgan fingerprint density at radius 1 is 1.02 bits per heavy atom. The molecular weight excluding hydrogens is 556 g/mol. The van der Waals surface area contributed by atoms with E-state index in [9.17, 15) is 14.4 Å². The molecule has 5 rings (SSSR count). The van der Waals surface area contributed by atoms with Crippen molar-refractivity contribution in [3.63, 3.8) is 0 Å². The molecule has 0 bridgehead atoms. The van der Waals surface area contributed by atoms with Crippen molar-refractivity contribution in [3.8, 4) is 5.75 Å². The van der Waals surface area contributed by atoms with E-state index in [0.717, 1.165) is 49.2 Å². The first-order valence-electron chi connectivity index (χ1n) is 15.9. The second-order valence-corrected chi connectivity index (χ2v) is 12.4. The number of piperidine rings is 1. The molecule has 1 spiro atoms. The lowest BCUT2D eigenvalue weighted by Gasteiger charge is -2.40. The first-order valence-corrected chi connectivity index (χ1v) is 15.9. The maximum absolute atomic E-state index is 13.8. The van der Waals surface area contributed by atoms with Gasteiger partial charge < -0.3 is 25.4 Å². The van der Waals surface area contributed by atoms with Gasteiger partial charge >= 0.3 is 0 Å². The summed E-state index contributed by atoms with van der Waals surface area (Å²) in [6, 6.07) is 17.0. The van der Waals surface area contributed by atoms with Gasteiger partial charge in [0.2, 0.25) is 17.7 Å². The average Bonchev–Trinajstić information content (AvgIpc) is 3.04. The fourth-order valence-corrected chi connectivity index (χ4v) is 6.60. The molecule has 236 valence electrons. The lowest BCUT2D eigenvalue weighted by Crippen LogP contribution is -2.58. The first-order chi connectivity index (χ1) is 21.4. The number of nitrogens with zero attached hydrogens (tertiary/aromatic N) is 1. The fourth-order valence-electron chi connectivity index (χ4n) is 6.60. The van der Waals surface area contributed by atoms with Gasteiger partial charge in [0.1, 0.15) is 11.8 Å². The molecular formula is C35H46N4O5. The number of carbonyl (C=O) groups is 3. The Kier molecular flexibility index (Phi) is 11.1. The minimum Gasteiger partial charge on any atom is -0.497 e. The summed E-state index contributed by atoms with van der Waals surface area (Å²) in [5.41, 5.74) is 1.57. The number of methoxy groups -OCH3 is 1. The summed E-state index contributed by atoms with van der Waals surface area (Å²) in [6.45, 7) is 3.42. The van der Waals surface area contributed by atoms with E-state index in [1.165, 1.54) is 0 Å². The molecule has 0 aliphatic carbocycles. The Balaban J connectivity index is 1.23. The molecule has 0 aromatic heterocycles. The molecule has 0 saturated carbocycles. The van der Waals surface area contributed by atoms with Crippen LogP contribution in [0.5, 0.6) is 5.75 Å². The molecule has 3 amide bonds. The highest BCUT2D eigenvalue weighted by atomic mass is 16.5. The molecule has 0 unspecified atom stereocenters. The van der Waals surface area contributed by atoms with Crippen molar-refractivity contribution in [2.24, 2.45) is 11.3 Å². The second-order valence-electron chi connectivity index (χ2n) is 12.4. The van der Waals surface area contributed by atoms with Gasteiger partial charge in [0.05, 0.1) is 19.1 Å². The van der Waals surface area contributed by atoms with Gasteiger partial charge in [-0.1, -0.05) is 54.6 Å². The van der Waals surface area contributed by atoms with Crippen molar-refractivity contribution in [1.29, 1.82) is 0 Å². The Bertz CT molecular complexity index is 1280. The molecule has 2 aromatic rings. The molecule has 0 radical (unpaired) electrons. The number of amides is 3. The highest BCUT2D eigenvalue weighted by molar-refractivity contribution is 5.90. The number of benzene rings is 2. The third kappa shape index (κ3) is 8.48. The van der Waals surface area contributed by atoms with Gasteiger partial charge in [-0.2, -0.15) is 0 Å². The van der Waals surface area contributed by atoms with Crippen LogP contribution in [-0.2, 0) is 32.0 Å². The van der Waals surface area contributed by atoms with Crippen LogP contribution in [0.3, 0.4) is 0 Å². The molecule has 3 aliphatic rings. The Labute approximate surface area is 260 Å². The van der Waals surface area contributed by atoms with Gasteiger partial charge in [0.15, 0.2) is 0 Å². The van der Waals surface area contributed by atoms with E-state index in [2.05, 4.69) is 33.0 Å². The standard InChI is InChI=1S/C35H46N4O5/c1-43-29-12-10-26(11-13-29)14-19-36-32(40)25-39-20-15-30-28(24-39)9-5-6-16-35(17-21-44-22-18-35)34(42)38-31(33(41)37-30)23-27-7-3-2-4-8-27/h2-8,10-13,28,30-31H,9,14-25H2,1H3,(H,36,40)(H,37,41)(H,38,42)/b6-5+/t28-,30-,31-/m0/s1. The lowest BCUT2D eigenvalue weighted by molar-refractivity contribution is -0.140. The summed E-state index contributed by atoms with van der Waals surface area (Å²) in [7, 11) is 1.65. The van der Waals surface area contributed by atoms with E-state index in [4.69, 9.17) is 9.47 Å². The maximum atomic E-state index is 13.8. The first kappa shape index (κ1) is 31.7. The van der Waals surface area contributed by atoms with Crippen molar-refractivity contribution in [2.75, 3.05) is 46.5 Å². The van der Waals surface area contributed by atoms with Crippen LogP contribution in [0.25, 0.3) is 0 Å². The number of allylic oxidation sites excluding steroid dienone is 2. The van der Waals surface area contributed by atoms with Crippen LogP contribution in [0, 0.1) is 11.3 Å². The largest absolute Gasteiger partial charge is 0.497 e. The Morgan fingerprint density at radius 2 is 1.80 bits per heavy atom. The number of nitrogens with one attached hydrogen (secondary N) is 3. The van der Waals surface area contributed by atoms with Crippen molar-refractivity contribution in [2.45, 2.75) is 57.0 Å². The number of rotatable bonds is 8. The Hall–Kier alpha value is -3.69. The second kappa shape index (κ2) is 15.3. The van der Waals surface area contributed by atoms with Crippen LogP contribution in [0.1, 0.15) is 43.2 Å². The van der Waals surface area contributed by atoms with Crippen molar-refractivity contribution in [3.05, 3.63) is 77.9 Å². The molecule has 3 aliphatic heterocycles. The Morgan fingerprint density at radius 3 is 2.55 bits per heavy atom. The quantitative estimate of drug-likeness (QED) is 0.401. The van der Waals surface area contributed by atoms with Crippen LogP contribution in [0.15, 0.2) is 66.7 Å². The van der Waals surface area contributed by atoms with Crippen LogP contribution in [0.2, 0.25) is 0 Å². The van der Waals surface area contributed by atoms with E-state index in [-0.39, 0.29) is 29.7 Å². The molecule has 3 atom stereocenters. The van der Waals surface area contributed by atoms with Crippen molar-refractivity contribution < 1.29 is 23.9 Å². The van der Waals surface area contributed by atoms with Gasteiger partial charge in [-0.25, -0.2) is 0 Å². The summed E-state index contributed by atoms with van der Waals surface area (Å²) in [4.78, 5) is 42.5. The molecule has 3 N–H and O–H groups in total. The van der Waals surface area contributed by atoms with E-state index < -0.39 is 11.5 Å². The predicted octanol–water partition coefficient (Wildman–Crippen LogP) is 3.03. The summed E-state index contributed by atoms with van der Waals surface area (Å²) in [6.07, 6.45) is 8.91. The third-order valence-corrected chi connectivity index (χ3v) is 9.36. The van der Waals surface area contributed by atoms with Crippen LogP contribution in [0.4, 0.5) is 0 Å². The zero-order valence-corrected chi connectivity index (χ0v) is 25.8. The van der Waals surface area contributed by atoms with E-state index in [1.54, 1.807) is 7.11 Å². The SMILES string of the molecule is COc1ccc(CCNC(=O)CN2CC[C@@H]3NC(=O)[C@H](Cc4ccccc4)NC(=O)C4(C/C=C/C[C@H]3C2)CCOCC4)cc1. The third-order valence-electron chi connectivity index (χ3n) is 9.36. The average molecular weight is 603 g/mol. The minimum atomic E-state index is -0.664. The van der Waals surface area contributed by atoms with Gasteiger partial charge in [-0.15, -0.1) is 0 Å². The van der Waals surface area contributed by atoms with E-state index in [1.807, 2.05) is 54.6 Å². The predicted molar refractivity (Wildman–Crippen MR) is 169 cm³/mol. The van der Waals surface area contributed by atoms with E-state index >= 15 is 0 Å². The molecule has 9 nitrogen and oxygen atoms in total. The topological polar surface area (TPSA) is 109 Å². The van der Waals surface area contributed by atoms with Crippen molar-refractivity contribution >= 4 is 17.7 Å². The number of ether oxygens (including phenoxy) is 2. The van der Waals surface area contributed by atoms with E-state index in [0.29, 0.717) is 52.0 Å². The molecule has 2 saturated heterocycles. The smallest absolute Gasteiger partial charge is 0.243 e. The molecule has 3 heterocycles. The minimum absolute atomic E-state index is 0.0109. The summed E-state index contributed by atoms with van der Waals surface area (Å²) >= 11 is 0. The normalized spacial score (nSPS) is 25.0. The highest BCUT2D eigenvalue weighted by Crippen LogP contribution is 2.36. The number of carbonyl (C=O) groups excluding carboxylic acids is 3. The van der Waals surface area contributed by atoms with Gasteiger partial charge in [0, 0.05) is 45.3 Å². The number of hydrogen-bond acceptors (Lipinski definition) is 6. The lowest BCUT2D eigenvalue weighted by atomic mass is 9.75. The van der Waals surface area contributed by atoms with Gasteiger partial charge in [-0.05, 0) is 67.7 Å². The van der Waals surface area contributed by atoms with Gasteiger partial charge in [-0.3, -0.25) is 19.3 Å². The summed E-state index contributed by atoms with van der Waals surface area (Å²) < 4.78 is 10.8. The molecule has 2 fully saturated rings. The van der Waals surface area contributed by atoms with Crippen LogP contribution in [-0.4, -0.2) is 81.2 Å². The zero-order valence-electron chi connectivity index (χ0n) is 25.8. The van der Waals surface area contributed by atoms with Crippen LogP contribution < -0.4 is 20.7 Å².